The van der Waals surface area contributed by atoms with E-state index >= 15 is 0 Å². The van der Waals surface area contributed by atoms with Crippen molar-refractivity contribution in [3.63, 3.8) is 0 Å². The molecule has 0 radical (unpaired) electrons. The monoisotopic (exact) mass is 195 g/mol. The van der Waals surface area contributed by atoms with Gasteiger partial charge in [-0.15, -0.1) is 0 Å². The number of methoxy groups -OCH3 is 1. The van der Waals surface area contributed by atoms with Crippen molar-refractivity contribution in [3.05, 3.63) is 12.1 Å². The van der Waals surface area contributed by atoms with Gasteiger partial charge in [0.25, 0.3) is 0 Å². The zero-order valence-corrected chi connectivity index (χ0v) is 7.97. The summed E-state index contributed by atoms with van der Waals surface area (Å²) in [5, 5.41) is 9.14. The summed E-state index contributed by atoms with van der Waals surface area (Å²) in [4.78, 5) is 6.10. The molecule has 76 valence electrons. The van der Waals surface area contributed by atoms with E-state index in [2.05, 4.69) is 4.98 Å². The normalized spacial score (nSPS) is 16.6. The fraction of sp³-hybridized carbons (Fsp3) is 0.444. The Labute approximate surface area is 82.1 Å². The largest absolute Gasteiger partial charge is 0.496 e. The zero-order chi connectivity index (χ0) is 10.1. The van der Waals surface area contributed by atoms with E-state index in [0.717, 1.165) is 5.82 Å². The number of rotatable bonds is 2. The maximum atomic E-state index is 9.14. The van der Waals surface area contributed by atoms with Crippen LogP contribution in [0.3, 0.4) is 0 Å². The first-order valence-corrected chi connectivity index (χ1v) is 4.43. The van der Waals surface area contributed by atoms with Crippen molar-refractivity contribution in [1.82, 2.24) is 4.98 Å². The fourth-order valence-electron chi connectivity index (χ4n) is 1.43. The highest BCUT2D eigenvalue weighted by Crippen LogP contribution is 2.24. The summed E-state index contributed by atoms with van der Waals surface area (Å²) >= 11 is 0. The third-order valence-electron chi connectivity index (χ3n) is 2.23. The SMILES string of the molecule is COc1cc(N)nc(N2CC(O)C2)c1. The molecule has 5 heteroatoms. The molecule has 14 heavy (non-hydrogen) atoms. The van der Waals surface area contributed by atoms with Crippen molar-refractivity contribution in [2.75, 3.05) is 30.8 Å². The van der Waals surface area contributed by atoms with Crippen LogP contribution in [0.15, 0.2) is 12.1 Å². The van der Waals surface area contributed by atoms with Crippen LogP contribution >= 0.6 is 0 Å². The number of hydrogen-bond acceptors (Lipinski definition) is 5. The molecule has 0 bridgehead atoms. The Morgan fingerprint density at radius 1 is 1.57 bits per heavy atom. The molecule has 1 fully saturated rings. The van der Waals surface area contributed by atoms with Gasteiger partial charge in [-0.25, -0.2) is 4.98 Å². The summed E-state index contributed by atoms with van der Waals surface area (Å²) in [7, 11) is 1.59. The van der Waals surface area contributed by atoms with Crippen LogP contribution in [-0.2, 0) is 0 Å². The van der Waals surface area contributed by atoms with Gasteiger partial charge in [0.05, 0.1) is 13.2 Å². The average Bonchev–Trinajstić information content (AvgIpc) is 2.12. The lowest BCUT2D eigenvalue weighted by atomic mass is 10.2. The molecule has 1 aromatic heterocycles. The maximum Gasteiger partial charge on any atom is 0.134 e. The van der Waals surface area contributed by atoms with Crippen LogP contribution in [-0.4, -0.2) is 36.4 Å². The Kier molecular flexibility index (Phi) is 2.17. The van der Waals surface area contributed by atoms with Crippen molar-refractivity contribution in [1.29, 1.82) is 0 Å². The predicted molar refractivity (Wildman–Crippen MR) is 53.4 cm³/mol. The van der Waals surface area contributed by atoms with Gasteiger partial charge in [-0.2, -0.15) is 0 Å². The van der Waals surface area contributed by atoms with Crippen LogP contribution in [0.4, 0.5) is 11.6 Å². The second-order valence-corrected chi connectivity index (χ2v) is 3.35. The minimum atomic E-state index is -0.246. The number of nitrogen functional groups attached to an aromatic ring is 1. The van der Waals surface area contributed by atoms with E-state index in [4.69, 9.17) is 15.6 Å². The van der Waals surface area contributed by atoms with Gasteiger partial charge in [0.2, 0.25) is 0 Å². The predicted octanol–water partition coefficient (Wildman–Crippen LogP) is -0.147. The molecule has 1 aromatic rings. The second-order valence-electron chi connectivity index (χ2n) is 3.35. The molecular weight excluding hydrogens is 182 g/mol. The van der Waals surface area contributed by atoms with Gasteiger partial charge in [0.1, 0.15) is 17.4 Å². The third kappa shape index (κ3) is 1.58. The van der Waals surface area contributed by atoms with E-state index in [1.54, 1.807) is 13.2 Å². The van der Waals surface area contributed by atoms with Crippen molar-refractivity contribution < 1.29 is 9.84 Å². The van der Waals surface area contributed by atoms with Crippen LogP contribution in [0.2, 0.25) is 0 Å². The molecule has 2 rings (SSSR count). The molecule has 1 aliphatic rings. The number of aliphatic hydroxyl groups excluding tert-OH is 1. The number of ether oxygens (including phenoxy) is 1. The lowest BCUT2D eigenvalue weighted by Gasteiger charge is -2.36. The number of anilines is 2. The number of aromatic nitrogens is 1. The molecule has 0 spiro atoms. The Morgan fingerprint density at radius 3 is 2.86 bits per heavy atom. The van der Waals surface area contributed by atoms with E-state index in [-0.39, 0.29) is 6.10 Å². The van der Waals surface area contributed by atoms with Crippen LogP contribution in [0.25, 0.3) is 0 Å². The van der Waals surface area contributed by atoms with Crippen molar-refractivity contribution in [2.45, 2.75) is 6.10 Å². The fourth-order valence-corrected chi connectivity index (χ4v) is 1.43. The molecule has 0 atom stereocenters. The Balaban J connectivity index is 2.21. The molecule has 5 nitrogen and oxygen atoms in total. The van der Waals surface area contributed by atoms with E-state index in [9.17, 15) is 0 Å². The topological polar surface area (TPSA) is 71.6 Å². The van der Waals surface area contributed by atoms with Crippen molar-refractivity contribution >= 4 is 11.6 Å². The summed E-state index contributed by atoms with van der Waals surface area (Å²) < 4.78 is 5.07. The minimum absolute atomic E-state index is 0.246. The molecule has 0 saturated carbocycles. The Hall–Kier alpha value is -1.49. The van der Waals surface area contributed by atoms with Gasteiger partial charge in [-0.3, -0.25) is 0 Å². The van der Waals surface area contributed by atoms with E-state index in [1.807, 2.05) is 11.0 Å². The van der Waals surface area contributed by atoms with Crippen molar-refractivity contribution in [2.24, 2.45) is 0 Å². The number of β-amino-alcohol motifs (C(OH)–C–C–N with tert-alkyl or cyclic N) is 1. The van der Waals surface area contributed by atoms with E-state index < -0.39 is 0 Å². The third-order valence-corrected chi connectivity index (χ3v) is 2.23. The molecular formula is C9H13N3O2. The summed E-state index contributed by atoms with van der Waals surface area (Å²) in [6, 6.07) is 3.47. The molecule has 3 N–H and O–H groups in total. The van der Waals surface area contributed by atoms with Gasteiger partial charge in [0, 0.05) is 25.2 Å². The quantitative estimate of drug-likeness (QED) is 0.687. The van der Waals surface area contributed by atoms with Crippen LogP contribution in [0, 0.1) is 0 Å². The molecule has 0 aromatic carbocycles. The van der Waals surface area contributed by atoms with Gasteiger partial charge >= 0.3 is 0 Å². The summed E-state index contributed by atoms with van der Waals surface area (Å²) in [5.41, 5.74) is 5.61. The first kappa shape index (κ1) is 9.08. The standard InChI is InChI=1S/C9H13N3O2/c1-14-7-2-8(10)11-9(3-7)12-4-6(13)5-12/h2-3,6,13H,4-5H2,1H3,(H2,10,11). The molecule has 0 unspecified atom stereocenters. The number of hydrogen-bond donors (Lipinski definition) is 2. The van der Waals surface area contributed by atoms with Gasteiger partial charge in [0.15, 0.2) is 0 Å². The van der Waals surface area contributed by atoms with E-state index in [0.29, 0.717) is 24.7 Å². The van der Waals surface area contributed by atoms with Crippen LogP contribution in [0.5, 0.6) is 5.75 Å². The number of aliphatic hydroxyl groups is 1. The Bertz CT molecular complexity index is 337. The summed E-state index contributed by atoms with van der Waals surface area (Å²) in [5.74, 6) is 1.88. The second kappa shape index (κ2) is 3.34. The van der Waals surface area contributed by atoms with Gasteiger partial charge < -0.3 is 20.5 Å². The Morgan fingerprint density at radius 2 is 2.29 bits per heavy atom. The summed E-state index contributed by atoms with van der Waals surface area (Å²) in [6.07, 6.45) is -0.246. The van der Waals surface area contributed by atoms with E-state index in [1.165, 1.54) is 0 Å². The zero-order valence-electron chi connectivity index (χ0n) is 7.97. The first-order valence-electron chi connectivity index (χ1n) is 4.43. The first-order chi connectivity index (χ1) is 6.69. The highest BCUT2D eigenvalue weighted by atomic mass is 16.5. The molecule has 1 saturated heterocycles. The maximum absolute atomic E-state index is 9.14. The van der Waals surface area contributed by atoms with Gasteiger partial charge in [-0.05, 0) is 0 Å². The molecule has 1 aliphatic heterocycles. The highest BCUT2D eigenvalue weighted by molar-refractivity contribution is 5.52. The lowest BCUT2D eigenvalue weighted by molar-refractivity contribution is 0.141. The molecule has 0 aliphatic carbocycles. The van der Waals surface area contributed by atoms with Crippen LogP contribution in [0.1, 0.15) is 0 Å². The minimum Gasteiger partial charge on any atom is -0.496 e. The molecule has 0 amide bonds. The lowest BCUT2D eigenvalue weighted by Crippen LogP contribution is -2.51. The van der Waals surface area contributed by atoms with Gasteiger partial charge in [-0.1, -0.05) is 0 Å². The average molecular weight is 195 g/mol. The smallest absolute Gasteiger partial charge is 0.134 e. The molecule has 2 heterocycles. The highest BCUT2D eigenvalue weighted by Gasteiger charge is 2.25. The number of pyridine rings is 1. The van der Waals surface area contributed by atoms with Crippen molar-refractivity contribution in [3.8, 4) is 5.75 Å². The van der Waals surface area contributed by atoms with Crippen LogP contribution < -0.4 is 15.4 Å². The number of nitrogens with two attached hydrogens (primary N) is 1. The summed E-state index contributed by atoms with van der Waals surface area (Å²) in [6.45, 7) is 1.22. The number of nitrogens with zero attached hydrogens (tertiary/aromatic N) is 2.